The molecule has 2 atom stereocenters. The largest absolute Gasteiger partial charge is 0.377 e. The molecule has 200 valence electrons. The van der Waals surface area contributed by atoms with Gasteiger partial charge in [0.1, 0.15) is 11.8 Å². The Morgan fingerprint density at radius 3 is 2.55 bits per heavy atom. The Morgan fingerprint density at radius 2 is 1.82 bits per heavy atom. The van der Waals surface area contributed by atoms with Crippen molar-refractivity contribution in [1.29, 1.82) is 5.26 Å². The third-order valence-corrected chi connectivity index (χ3v) is 7.74. The SMILES string of the molecule is CC[C@@H](Nc1c(C#N)cnc2c(Cl)cc(N[C@@H](c3cccc(Cl)c3)c3cn(C4CC4)nn3)cc12)c1ccccc1. The Labute approximate surface area is 242 Å². The summed E-state index contributed by atoms with van der Waals surface area (Å²) >= 11 is 13.2. The van der Waals surface area contributed by atoms with Crippen LogP contribution in [0.15, 0.2) is 79.1 Å². The Hall–Kier alpha value is -4.12. The van der Waals surface area contributed by atoms with Gasteiger partial charge in [0, 0.05) is 22.3 Å². The number of aromatic nitrogens is 4. The molecule has 2 N–H and O–H groups in total. The predicted octanol–water partition coefficient (Wildman–Crippen LogP) is 8.10. The average Bonchev–Trinajstić information content (AvgIpc) is 3.71. The zero-order valence-electron chi connectivity index (χ0n) is 21.9. The van der Waals surface area contributed by atoms with Gasteiger partial charge in [0.25, 0.3) is 0 Å². The summed E-state index contributed by atoms with van der Waals surface area (Å²) in [6.07, 6.45) is 6.63. The second-order valence-electron chi connectivity index (χ2n) is 10.0. The third-order valence-electron chi connectivity index (χ3n) is 7.21. The molecule has 0 saturated heterocycles. The summed E-state index contributed by atoms with van der Waals surface area (Å²) in [6, 6.07) is 24.1. The summed E-state index contributed by atoms with van der Waals surface area (Å²) in [5.74, 6) is 0. The van der Waals surface area contributed by atoms with Crippen LogP contribution in [0.3, 0.4) is 0 Å². The number of nitrogens with zero attached hydrogens (tertiary/aromatic N) is 5. The predicted molar refractivity (Wildman–Crippen MR) is 160 cm³/mol. The maximum absolute atomic E-state index is 9.98. The number of nitrogens with one attached hydrogen (secondary N) is 2. The normalized spacial score (nSPS) is 14.4. The van der Waals surface area contributed by atoms with Gasteiger partial charge >= 0.3 is 0 Å². The van der Waals surface area contributed by atoms with Gasteiger partial charge in [-0.15, -0.1) is 5.10 Å². The van der Waals surface area contributed by atoms with Crippen molar-refractivity contribution >= 4 is 45.5 Å². The van der Waals surface area contributed by atoms with Crippen LogP contribution in [0.5, 0.6) is 0 Å². The monoisotopic (exact) mass is 567 g/mol. The molecule has 0 radical (unpaired) electrons. The van der Waals surface area contributed by atoms with Gasteiger partial charge in [-0.2, -0.15) is 5.26 Å². The fraction of sp³-hybridized carbons (Fsp3) is 0.226. The molecular formula is C31H27Cl2N7. The summed E-state index contributed by atoms with van der Waals surface area (Å²) in [4.78, 5) is 4.53. The van der Waals surface area contributed by atoms with Gasteiger partial charge in [0.2, 0.25) is 0 Å². The van der Waals surface area contributed by atoms with Crippen LogP contribution >= 0.6 is 23.2 Å². The Balaban J connectivity index is 1.43. The highest BCUT2D eigenvalue weighted by Crippen LogP contribution is 2.38. The molecule has 0 amide bonds. The molecule has 2 aromatic heterocycles. The van der Waals surface area contributed by atoms with Crippen molar-refractivity contribution in [3.63, 3.8) is 0 Å². The van der Waals surface area contributed by atoms with Gasteiger partial charge in [-0.25, -0.2) is 4.68 Å². The minimum atomic E-state index is -0.323. The van der Waals surface area contributed by atoms with Crippen LogP contribution in [0.1, 0.15) is 66.7 Å². The summed E-state index contributed by atoms with van der Waals surface area (Å²) in [5, 5.41) is 28.0. The molecule has 7 nitrogen and oxygen atoms in total. The molecule has 1 aliphatic carbocycles. The van der Waals surface area contributed by atoms with Crippen molar-refractivity contribution in [2.75, 3.05) is 10.6 Å². The van der Waals surface area contributed by atoms with Crippen LogP contribution in [-0.2, 0) is 0 Å². The average molecular weight is 569 g/mol. The standard InChI is InChI=1S/C31H27Cl2N7/c1-2-27(19-7-4-3-5-8-19)37-29-21(16-34)17-35-31-25(29)14-23(15-26(31)33)36-30(20-9-6-10-22(32)13-20)28-18-40(39-38-28)24-11-12-24/h3-10,13-15,17-18,24,27,30,36H,2,11-12H2,1H3,(H,35,37)/t27-,30+/m1/s1. The zero-order chi connectivity index (χ0) is 27.6. The Kier molecular flexibility index (Phi) is 7.29. The van der Waals surface area contributed by atoms with Crippen molar-refractivity contribution in [2.45, 2.75) is 44.3 Å². The number of anilines is 2. The lowest BCUT2D eigenvalue weighted by atomic mass is 10.0. The van der Waals surface area contributed by atoms with E-state index in [2.05, 4.69) is 51.1 Å². The maximum Gasteiger partial charge on any atom is 0.109 e. The first-order valence-electron chi connectivity index (χ1n) is 13.3. The van der Waals surface area contributed by atoms with Gasteiger partial charge in [0.15, 0.2) is 0 Å². The van der Waals surface area contributed by atoms with Crippen LogP contribution < -0.4 is 10.6 Å². The van der Waals surface area contributed by atoms with E-state index < -0.39 is 0 Å². The van der Waals surface area contributed by atoms with Crippen LogP contribution in [0.4, 0.5) is 11.4 Å². The highest BCUT2D eigenvalue weighted by molar-refractivity contribution is 6.36. The number of rotatable bonds is 9. The molecule has 9 heteroatoms. The molecule has 0 spiro atoms. The number of benzene rings is 3. The molecule has 3 aromatic carbocycles. The van der Waals surface area contributed by atoms with E-state index >= 15 is 0 Å². The van der Waals surface area contributed by atoms with Crippen LogP contribution in [-0.4, -0.2) is 20.0 Å². The van der Waals surface area contributed by atoms with Crippen molar-refractivity contribution < 1.29 is 0 Å². The van der Waals surface area contributed by atoms with Crippen molar-refractivity contribution in [3.8, 4) is 6.07 Å². The smallest absolute Gasteiger partial charge is 0.109 e. The number of hydrogen-bond donors (Lipinski definition) is 2. The van der Waals surface area contributed by atoms with Crippen LogP contribution in [0, 0.1) is 11.3 Å². The Morgan fingerprint density at radius 1 is 1.02 bits per heavy atom. The topological polar surface area (TPSA) is 91.5 Å². The van der Waals surface area contributed by atoms with E-state index in [4.69, 9.17) is 23.2 Å². The molecule has 2 heterocycles. The molecular weight excluding hydrogens is 541 g/mol. The lowest BCUT2D eigenvalue weighted by Crippen LogP contribution is -2.14. The summed E-state index contributed by atoms with van der Waals surface area (Å²) < 4.78 is 1.93. The number of hydrogen-bond acceptors (Lipinski definition) is 6. The molecule has 40 heavy (non-hydrogen) atoms. The van der Waals surface area contributed by atoms with Crippen molar-refractivity contribution in [3.05, 3.63) is 112 Å². The fourth-order valence-corrected chi connectivity index (χ4v) is 5.45. The molecule has 0 unspecified atom stereocenters. The second kappa shape index (κ2) is 11.2. The molecule has 0 aliphatic heterocycles. The number of halogens is 2. The summed E-state index contributed by atoms with van der Waals surface area (Å²) in [7, 11) is 0. The first kappa shape index (κ1) is 26.1. The zero-order valence-corrected chi connectivity index (χ0v) is 23.4. The highest BCUT2D eigenvalue weighted by atomic mass is 35.5. The molecule has 6 rings (SSSR count). The van der Waals surface area contributed by atoms with E-state index in [1.165, 1.54) is 0 Å². The maximum atomic E-state index is 9.98. The number of nitriles is 1. The quantitative estimate of drug-likeness (QED) is 0.187. The molecule has 1 fully saturated rings. The van der Waals surface area contributed by atoms with E-state index in [0.29, 0.717) is 32.9 Å². The van der Waals surface area contributed by atoms with E-state index in [-0.39, 0.29) is 12.1 Å². The van der Waals surface area contributed by atoms with Gasteiger partial charge < -0.3 is 10.6 Å². The molecule has 1 aliphatic rings. The second-order valence-corrected chi connectivity index (χ2v) is 10.9. The van der Waals surface area contributed by atoms with Crippen LogP contribution in [0.2, 0.25) is 10.0 Å². The van der Waals surface area contributed by atoms with Crippen molar-refractivity contribution in [2.24, 2.45) is 0 Å². The van der Waals surface area contributed by atoms with Gasteiger partial charge in [-0.1, -0.05) is 77.8 Å². The van der Waals surface area contributed by atoms with E-state index in [9.17, 15) is 5.26 Å². The number of pyridine rings is 1. The van der Waals surface area contributed by atoms with E-state index in [1.54, 1.807) is 6.20 Å². The fourth-order valence-electron chi connectivity index (χ4n) is 4.98. The minimum absolute atomic E-state index is 0.00552. The van der Waals surface area contributed by atoms with Gasteiger partial charge in [-0.3, -0.25) is 4.98 Å². The lowest BCUT2D eigenvalue weighted by Gasteiger charge is -2.22. The summed E-state index contributed by atoms with van der Waals surface area (Å²) in [5.41, 5.74) is 5.40. The molecule has 0 bridgehead atoms. The van der Waals surface area contributed by atoms with Crippen molar-refractivity contribution in [1.82, 2.24) is 20.0 Å². The number of fused-ring (bicyclic) bond motifs is 1. The van der Waals surface area contributed by atoms with Crippen LogP contribution in [0.25, 0.3) is 10.9 Å². The first-order chi connectivity index (χ1) is 19.5. The lowest BCUT2D eigenvalue weighted by molar-refractivity contribution is 0.610. The third kappa shape index (κ3) is 5.33. The summed E-state index contributed by atoms with van der Waals surface area (Å²) in [6.45, 7) is 2.12. The Bertz CT molecular complexity index is 1710. The first-order valence-corrected chi connectivity index (χ1v) is 14.1. The molecule has 5 aromatic rings. The van der Waals surface area contributed by atoms with E-state index in [0.717, 1.165) is 47.2 Å². The molecule has 1 saturated carbocycles. The minimum Gasteiger partial charge on any atom is -0.377 e. The van der Waals surface area contributed by atoms with Gasteiger partial charge in [-0.05, 0) is 54.7 Å². The van der Waals surface area contributed by atoms with E-state index in [1.807, 2.05) is 65.5 Å². The van der Waals surface area contributed by atoms with Gasteiger partial charge in [0.05, 0.1) is 46.1 Å². The highest BCUT2D eigenvalue weighted by Gasteiger charge is 2.27.